The molecule has 1 amide bonds. The van der Waals surface area contributed by atoms with E-state index >= 15 is 0 Å². The molecule has 5 heteroatoms. The first kappa shape index (κ1) is 13.9. The third-order valence-electron chi connectivity index (χ3n) is 2.58. The predicted molar refractivity (Wildman–Crippen MR) is 65.8 cm³/mol. The zero-order chi connectivity index (χ0) is 11.8. The number of carbonyl (C=O) groups is 1. The summed E-state index contributed by atoms with van der Waals surface area (Å²) in [5, 5.41) is 2.89. The molecule has 1 aliphatic heterocycles. The molecule has 2 unspecified atom stereocenters. The minimum Gasteiger partial charge on any atom is -0.384 e. The van der Waals surface area contributed by atoms with Crippen LogP contribution in [0.15, 0.2) is 0 Å². The van der Waals surface area contributed by atoms with Crippen molar-refractivity contribution in [1.82, 2.24) is 5.32 Å². The van der Waals surface area contributed by atoms with Crippen molar-refractivity contribution in [1.29, 1.82) is 0 Å². The minimum absolute atomic E-state index is 0.0248. The monoisotopic (exact) mass is 293 g/mol. The zero-order valence-electron chi connectivity index (χ0n) is 9.71. The Hall–Kier alpha value is -0.130. The maximum Gasteiger partial charge on any atom is 0.249 e. The number of rotatable bonds is 6. The Morgan fingerprint density at radius 2 is 2.44 bits per heavy atom. The molecule has 0 spiro atoms. The summed E-state index contributed by atoms with van der Waals surface area (Å²) in [6.45, 7) is 2.04. The topological polar surface area (TPSA) is 47.6 Å². The molecule has 4 nitrogen and oxygen atoms in total. The zero-order valence-corrected chi connectivity index (χ0v) is 11.3. The Bertz CT molecular complexity index is 207. The summed E-state index contributed by atoms with van der Waals surface area (Å²) in [7, 11) is 1.67. The van der Waals surface area contributed by atoms with Gasteiger partial charge < -0.3 is 14.8 Å². The largest absolute Gasteiger partial charge is 0.384 e. The standard InChI is InChI=1S/C11H20BrNO3/c1-15-8-9(12)5-6-13-11(14)10-4-2-3-7-16-10/h9-10H,2-8H2,1H3,(H,13,14). The van der Waals surface area contributed by atoms with E-state index in [1.54, 1.807) is 7.11 Å². The quantitative estimate of drug-likeness (QED) is 0.755. The maximum absolute atomic E-state index is 11.7. The summed E-state index contributed by atoms with van der Waals surface area (Å²) >= 11 is 3.48. The summed E-state index contributed by atoms with van der Waals surface area (Å²) in [6.07, 6.45) is 3.64. The molecule has 0 bridgehead atoms. The average Bonchev–Trinajstić information content (AvgIpc) is 2.30. The lowest BCUT2D eigenvalue weighted by atomic mass is 10.1. The summed E-state index contributed by atoms with van der Waals surface area (Å²) < 4.78 is 10.4. The van der Waals surface area contributed by atoms with Gasteiger partial charge in [-0.05, 0) is 25.7 Å². The van der Waals surface area contributed by atoms with Crippen LogP contribution in [0, 0.1) is 0 Å². The van der Waals surface area contributed by atoms with E-state index in [9.17, 15) is 4.79 Å². The van der Waals surface area contributed by atoms with E-state index in [1.807, 2.05) is 0 Å². The second-order valence-corrected chi connectivity index (χ2v) is 5.28. The molecule has 1 heterocycles. The van der Waals surface area contributed by atoms with Crippen LogP contribution in [0.25, 0.3) is 0 Å². The second-order valence-electron chi connectivity index (χ2n) is 3.99. The first-order valence-electron chi connectivity index (χ1n) is 5.76. The lowest BCUT2D eigenvalue weighted by Gasteiger charge is -2.21. The molecule has 0 aromatic heterocycles. The third kappa shape index (κ3) is 5.27. The fourth-order valence-electron chi connectivity index (χ4n) is 1.68. The van der Waals surface area contributed by atoms with Crippen LogP contribution < -0.4 is 5.32 Å². The van der Waals surface area contributed by atoms with E-state index in [-0.39, 0.29) is 12.0 Å². The molecule has 0 aromatic rings. The molecule has 94 valence electrons. The summed E-state index contributed by atoms with van der Waals surface area (Å²) in [6, 6.07) is 0. The van der Waals surface area contributed by atoms with Crippen molar-refractivity contribution in [3.8, 4) is 0 Å². The second kappa shape index (κ2) is 8.03. The van der Waals surface area contributed by atoms with E-state index in [0.29, 0.717) is 24.6 Å². The van der Waals surface area contributed by atoms with Gasteiger partial charge in [-0.25, -0.2) is 0 Å². The van der Waals surface area contributed by atoms with E-state index in [4.69, 9.17) is 9.47 Å². The van der Waals surface area contributed by atoms with Crippen LogP contribution >= 0.6 is 15.9 Å². The van der Waals surface area contributed by atoms with Gasteiger partial charge in [-0.1, -0.05) is 15.9 Å². The van der Waals surface area contributed by atoms with Gasteiger partial charge in [-0.3, -0.25) is 4.79 Å². The Labute approximate surface area is 105 Å². The summed E-state index contributed by atoms with van der Waals surface area (Å²) in [4.78, 5) is 12.0. The van der Waals surface area contributed by atoms with E-state index < -0.39 is 0 Å². The van der Waals surface area contributed by atoms with Crippen molar-refractivity contribution in [2.75, 3.05) is 26.9 Å². The highest BCUT2D eigenvalue weighted by atomic mass is 79.9. The van der Waals surface area contributed by atoms with Gasteiger partial charge in [0.2, 0.25) is 5.91 Å². The molecule has 0 radical (unpaired) electrons. The van der Waals surface area contributed by atoms with Crippen LogP contribution in [0.4, 0.5) is 0 Å². The van der Waals surface area contributed by atoms with E-state index in [0.717, 1.165) is 25.7 Å². The molecular weight excluding hydrogens is 274 g/mol. The highest BCUT2D eigenvalue weighted by Gasteiger charge is 2.21. The van der Waals surface area contributed by atoms with Gasteiger partial charge in [0.25, 0.3) is 0 Å². The molecule has 0 aliphatic carbocycles. The number of alkyl halides is 1. The van der Waals surface area contributed by atoms with Gasteiger partial charge in [0.1, 0.15) is 6.10 Å². The van der Waals surface area contributed by atoms with Gasteiger partial charge in [-0.15, -0.1) is 0 Å². The van der Waals surface area contributed by atoms with Gasteiger partial charge in [0.15, 0.2) is 0 Å². The Morgan fingerprint density at radius 1 is 1.62 bits per heavy atom. The fraction of sp³-hybridized carbons (Fsp3) is 0.909. The first-order chi connectivity index (χ1) is 7.74. The van der Waals surface area contributed by atoms with Crippen molar-refractivity contribution < 1.29 is 14.3 Å². The van der Waals surface area contributed by atoms with Crippen molar-refractivity contribution in [3.63, 3.8) is 0 Å². The van der Waals surface area contributed by atoms with Crippen molar-refractivity contribution >= 4 is 21.8 Å². The van der Waals surface area contributed by atoms with Crippen LogP contribution in [-0.2, 0) is 14.3 Å². The number of ether oxygens (including phenoxy) is 2. The summed E-state index contributed by atoms with van der Waals surface area (Å²) in [5.41, 5.74) is 0. The molecule has 1 fully saturated rings. The van der Waals surface area contributed by atoms with Gasteiger partial charge >= 0.3 is 0 Å². The molecule has 16 heavy (non-hydrogen) atoms. The Balaban J connectivity index is 2.09. The number of methoxy groups -OCH3 is 1. The van der Waals surface area contributed by atoms with Crippen molar-refractivity contribution in [3.05, 3.63) is 0 Å². The molecule has 1 N–H and O–H groups in total. The smallest absolute Gasteiger partial charge is 0.249 e. The number of carbonyl (C=O) groups excluding carboxylic acids is 1. The molecule has 1 rings (SSSR count). The number of nitrogens with one attached hydrogen (secondary N) is 1. The van der Waals surface area contributed by atoms with Crippen LogP contribution in [0.2, 0.25) is 0 Å². The van der Waals surface area contributed by atoms with Gasteiger partial charge in [0, 0.05) is 25.1 Å². The minimum atomic E-state index is -0.232. The van der Waals surface area contributed by atoms with Crippen LogP contribution in [0.5, 0.6) is 0 Å². The van der Waals surface area contributed by atoms with Crippen LogP contribution in [-0.4, -0.2) is 43.7 Å². The van der Waals surface area contributed by atoms with Crippen molar-refractivity contribution in [2.45, 2.75) is 36.6 Å². The lowest BCUT2D eigenvalue weighted by molar-refractivity contribution is -0.135. The maximum atomic E-state index is 11.7. The van der Waals surface area contributed by atoms with Crippen molar-refractivity contribution in [2.24, 2.45) is 0 Å². The molecule has 1 saturated heterocycles. The van der Waals surface area contributed by atoms with Gasteiger partial charge in [0.05, 0.1) is 6.61 Å². The molecule has 1 aliphatic rings. The first-order valence-corrected chi connectivity index (χ1v) is 6.68. The number of hydrogen-bond acceptors (Lipinski definition) is 3. The highest BCUT2D eigenvalue weighted by Crippen LogP contribution is 2.12. The fourth-order valence-corrected chi connectivity index (χ4v) is 2.17. The predicted octanol–water partition coefficient (Wildman–Crippen LogP) is 1.47. The van der Waals surface area contributed by atoms with Crippen LogP contribution in [0.3, 0.4) is 0 Å². The van der Waals surface area contributed by atoms with E-state index in [2.05, 4.69) is 21.2 Å². The molecule has 2 atom stereocenters. The summed E-state index contributed by atoms with van der Waals surface area (Å²) in [5.74, 6) is 0.0248. The SMILES string of the molecule is COCC(Br)CCNC(=O)C1CCCCO1. The van der Waals surface area contributed by atoms with Gasteiger partial charge in [-0.2, -0.15) is 0 Å². The third-order valence-corrected chi connectivity index (χ3v) is 3.30. The molecule has 0 saturated carbocycles. The van der Waals surface area contributed by atoms with Crippen LogP contribution in [0.1, 0.15) is 25.7 Å². The number of amides is 1. The number of halogens is 1. The highest BCUT2D eigenvalue weighted by molar-refractivity contribution is 9.09. The Kier molecular flexibility index (Phi) is 7.00. The lowest BCUT2D eigenvalue weighted by Crippen LogP contribution is -2.39. The average molecular weight is 294 g/mol. The molecule has 0 aromatic carbocycles. The molecular formula is C11H20BrNO3. The Morgan fingerprint density at radius 3 is 3.06 bits per heavy atom. The number of hydrogen-bond donors (Lipinski definition) is 1. The normalized spacial score (nSPS) is 22.8. The van der Waals surface area contributed by atoms with E-state index in [1.165, 1.54) is 0 Å².